The molecular weight excluding hydrogens is 771 g/mol. The molecule has 0 radical (unpaired) electrons. The molecule has 0 aromatic heterocycles. The summed E-state index contributed by atoms with van der Waals surface area (Å²) in [6.07, 6.45) is 27.1. The standard InChI is InChI=1S/C43H66N2.2C7H7.Ni/c1-7-11-13-14-15-16-17-18-19-20-21-22-23-24-25-27-41-40(26-12-8-2)43(39-32-36(9-3)31-37(10-4)33-39)45(44)42(41)38-29-34(5)28-35(6)30-38;2*1-7-5-3-2-4-6-7;/h28-33H,7-27H2,1-6H3;2*2-6H,1H2;. The van der Waals surface area contributed by atoms with Crippen molar-refractivity contribution in [1.82, 2.24) is 0 Å². The fraction of sp³-hybridized carbons (Fsp3) is 0.509. The number of nitrogens with zero attached hydrogens (tertiary/aromatic N) is 2. The summed E-state index contributed by atoms with van der Waals surface area (Å²) in [4.78, 5) is 0. The van der Waals surface area contributed by atoms with Crippen LogP contribution >= 0.6 is 0 Å². The quantitative estimate of drug-likeness (QED) is 0.0324. The number of rotatable bonds is 27. The van der Waals surface area contributed by atoms with Gasteiger partial charge in [0.1, 0.15) is 0 Å². The third kappa shape index (κ3) is 17.1. The Balaban J connectivity index is 0.000000440. The molecule has 60 heavy (non-hydrogen) atoms. The zero-order valence-corrected chi connectivity index (χ0v) is 39.7. The first-order valence-corrected chi connectivity index (χ1v) is 25.5. The Morgan fingerprint density at radius 2 is 0.800 bits per heavy atom. The predicted octanol–water partition coefficient (Wildman–Crippen LogP) is 17.5. The van der Waals surface area contributed by atoms with E-state index < -0.39 is 0 Å². The van der Waals surface area contributed by atoms with Crippen molar-refractivity contribution in [1.29, 1.82) is 0 Å². The third-order valence-corrected chi connectivity index (χ3v) is 13.2. The first kappa shape index (κ1) is 49.1. The molecule has 0 spiro atoms. The van der Waals surface area contributed by atoms with Crippen LogP contribution in [0.15, 0.2) is 108 Å². The van der Waals surface area contributed by atoms with E-state index in [0.29, 0.717) is 0 Å². The molecule has 328 valence electrons. The Morgan fingerprint density at radius 3 is 1.22 bits per heavy atom. The van der Waals surface area contributed by atoms with Gasteiger partial charge in [0.25, 0.3) is 0 Å². The van der Waals surface area contributed by atoms with Gasteiger partial charge in [-0.1, -0.05) is 147 Å². The number of benzene rings is 4. The number of hydrogen-bond acceptors (Lipinski definition) is 0. The maximum atomic E-state index is 12.0. The summed E-state index contributed by atoms with van der Waals surface area (Å²) in [7, 11) is 0. The summed E-state index contributed by atoms with van der Waals surface area (Å²) in [5.41, 5.74) is 27.2. The van der Waals surface area contributed by atoms with Crippen LogP contribution in [0, 0.1) is 13.8 Å². The van der Waals surface area contributed by atoms with Crippen LogP contribution in [0.5, 0.6) is 0 Å². The van der Waals surface area contributed by atoms with Crippen molar-refractivity contribution in [2.75, 3.05) is 0 Å². The van der Waals surface area contributed by atoms with Crippen LogP contribution in [0.2, 0.25) is 0 Å². The fourth-order valence-electron chi connectivity index (χ4n) is 8.56. The summed E-state index contributed by atoms with van der Waals surface area (Å²) >= 11 is 1.78. The number of hydrogen-bond donors (Lipinski definition) is 0. The van der Waals surface area contributed by atoms with Crippen LogP contribution in [0.4, 0.5) is 0 Å². The molecule has 1 aliphatic rings. The Kier molecular flexibility index (Phi) is 23.6. The van der Waals surface area contributed by atoms with Gasteiger partial charge in [-0.2, -0.15) is 0 Å². The minimum absolute atomic E-state index is 1.01. The molecule has 0 bridgehead atoms. The molecule has 0 aliphatic carbocycles. The van der Waals surface area contributed by atoms with Crippen molar-refractivity contribution < 1.29 is 19.1 Å². The Bertz CT molecular complexity index is 1800. The van der Waals surface area contributed by atoms with E-state index in [0.717, 1.165) is 66.3 Å². The van der Waals surface area contributed by atoms with Crippen molar-refractivity contribution in [2.45, 2.75) is 187 Å². The van der Waals surface area contributed by atoms with Crippen molar-refractivity contribution >= 4 is 11.4 Å². The van der Waals surface area contributed by atoms with Crippen molar-refractivity contribution in [2.24, 2.45) is 0 Å². The maximum absolute atomic E-state index is 12.0. The van der Waals surface area contributed by atoms with Crippen LogP contribution in [0.3, 0.4) is 0 Å². The SMILES string of the molecule is CCCCCCCCCCCCCCCCCC1=C(c2cc(C)cc(C)c2)[N+](=[N-])C(c2cc(CC)cc(CC)c2)=C1CCCC.c1ccc([CH2][Ni][CH2]c2ccccc2)cc1. The van der Waals surface area contributed by atoms with E-state index in [9.17, 15) is 5.53 Å². The molecule has 0 unspecified atom stereocenters. The van der Waals surface area contributed by atoms with Crippen molar-refractivity contribution in [3.8, 4) is 0 Å². The van der Waals surface area contributed by atoms with Crippen LogP contribution in [-0.2, 0) is 38.1 Å². The van der Waals surface area contributed by atoms with E-state index in [1.54, 1.807) is 19.1 Å². The van der Waals surface area contributed by atoms with Crippen molar-refractivity contribution in [3.63, 3.8) is 0 Å². The molecule has 0 saturated heterocycles. The van der Waals surface area contributed by atoms with E-state index >= 15 is 0 Å². The molecule has 1 aliphatic heterocycles. The second-order valence-corrected chi connectivity index (χ2v) is 18.4. The molecule has 0 fully saturated rings. The summed E-state index contributed by atoms with van der Waals surface area (Å²) in [5, 5.41) is 2.23. The molecule has 0 N–H and O–H groups in total. The second kappa shape index (κ2) is 28.9. The summed E-state index contributed by atoms with van der Waals surface area (Å²) in [5.74, 6) is 0. The van der Waals surface area contributed by atoms with E-state index in [4.69, 9.17) is 0 Å². The number of aryl methyl sites for hydroxylation is 4. The first-order chi connectivity index (χ1) is 29.4. The molecule has 0 saturated carbocycles. The van der Waals surface area contributed by atoms with Gasteiger partial charge in [-0.15, -0.1) is 0 Å². The minimum atomic E-state index is 1.01. The normalized spacial score (nSPS) is 12.7. The molecule has 3 heteroatoms. The zero-order chi connectivity index (χ0) is 42.8. The molecule has 1 heterocycles. The molecule has 4 aromatic rings. The van der Waals surface area contributed by atoms with Gasteiger partial charge in [0.05, 0.1) is 0 Å². The van der Waals surface area contributed by atoms with Gasteiger partial charge >= 0.3 is 97.0 Å². The summed E-state index contributed by atoms with van der Waals surface area (Å²) < 4.78 is 1.58. The van der Waals surface area contributed by atoms with Crippen molar-refractivity contribution in [3.05, 3.63) is 158 Å². The Hall–Kier alpha value is -3.55. The number of unbranched alkanes of at least 4 members (excludes halogenated alkanes) is 15. The Morgan fingerprint density at radius 1 is 0.417 bits per heavy atom. The monoisotopic (exact) mass is 851 g/mol. The van der Waals surface area contributed by atoms with E-state index in [1.165, 1.54) is 146 Å². The molecule has 0 amide bonds. The van der Waals surface area contributed by atoms with Crippen LogP contribution in [-0.4, -0.2) is 4.70 Å². The van der Waals surface area contributed by atoms with E-state index in [-0.39, 0.29) is 0 Å². The van der Waals surface area contributed by atoms with E-state index in [2.05, 4.69) is 139 Å². The van der Waals surface area contributed by atoms with E-state index in [1.807, 2.05) is 0 Å². The summed E-state index contributed by atoms with van der Waals surface area (Å²) in [6, 6.07) is 35.0. The molecule has 2 nitrogen and oxygen atoms in total. The van der Waals surface area contributed by atoms with Gasteiger partial charge in [-0.3, -0.25) is 0 Å². The summed E-state index contributed by atoms with van der Waals surface area (Å²) in [6.45, 7) is 13.4. The van der Waals surface area contributed by atoms with Gasteiger partial charge in [-0.05, 0) is 87.8 Å². The molecule has 4 aromatic carbocycles. The number of allylic oxidation sites excluding steroid dienone is 2. The average Bonchev–Trinajstić information content (AvgIpc) is 3.54. The second-order valence-electron chi connectivity index (χ2n) is 17.2. The van der Waals surface area contributed by atoms with Gasteiger partial charge < -0.3 is 5.53 Å². The Labute approximate surface area is 374 Å². The fourth-order valence-corrected chi connectivity index (χ4v) is 9.72. The molecule has 5 rings (SSSR count). The average molecular weight is 852 g/mol. The van der Waals surface area contributed by atoms with Crippen LogP contribution in [0.25, 0.3) is 16.9 Å². The van der Waals surface area contributed by atoms with Crippen LogP contribution < -0.4 is 0 Å². The third-order valence-electron chi connectivity index (χ3n) is 11.9. The van der Waals surface area contributed by atoms with Crippen LogP contribution in [0.1, 0.15) is 194 Å². The first-order valence-electron chi connectivity index (χ1n) is 24.1. The predicted molar refractivity (Wildman–Crippen MR) is 258 cm³/mol. The van der Waals surface area contributed by atoms with Gasteiger partial charge in [0.15, 0.2) is 0 Å². The topological polar surface area (TPSA) is 25.3 Å². The van der Waals surface area contributed by atoms with Gasteiger partial charge in [-0.25, -0.2) is 4.70 Å². The zero-order valence-electron chi connectivity index (χ0n) is 38.7. The van der Waals surface area contributed by atoms with Gasteiger partial charge in [0, 0.05) is 22.3 Å². The molecule has 0 atom stereocenters. The van der Waals surface area contributed by atoms with Gasteiger partial charge in [0.2, 0.25) is 11.4 Å². The molecular formula is C57H80N2Ni.